The molecule has 0 spiro atoms. The van der Waals surface area contributed by atoms with Crippen LogP contribution in [0.2, 0.25) is 0 Å². The van der Waals surface area contributed by atoms with Crippen molar-refractivity contribution in [2.24, 2.45) is 0 Å². The number of nitrogens with one attached hydrogen (secondary N) is 1. The molecule has 4 heteroatoms. The first-order chi connectivity index (χ1) is 8.66. The van der Waals surface area contributed by atoms with Crippen LogP contribution in [0.5, 0.6) is 5.75 Å². The fourth-order valence-corrected chi connectivity index (χ4v) is 2.31. The Morgan fingerprint density at radius 1 is 1.39 bits per heavy atom. The maximum Gasteiger partial charge on any atom is 0.251 e. The minimum atomic E-state index is -0.152. The van der Waals surface area contributed by atoms with E-state index < -0.39 is 0 Å². The second-order valence-corrected chi connectivity index (χ2v) is 4.92. The number of hydrogen-bond acceptors (Lipinski definition) is 3. The predicted molar refractivity (Wildman–Crippen MR) is 73.2 cm³/mol. The van der Waals surface area contributed by atoms with E-state index in [1.807, 2.05) is 5.38 Å². The summed E-state index contributed by atoms with van der Waals surface area (Å²) in [5.41, 5.74) is 2.49. The van der Waals surface area contributed by atoms with Gasteiger partial charge in [-0.3, -0.25) is 4.79 Å². The summed E-state index contributed by atoms with van der Waals surface area (Å²) < 4.78 is 0. The molecule has 0 bridgehead atoms. The van der Waals surface area contributed by atoms with Gasteiger partial charge in [0.25, 0.3) is 5.91 Å². The van der Waals surface area contributed by atoms with Gasteiger partial charge < -0.3 is 10.4 Å². The number of aryl methyl sites for hydroxylation is 1. The zero-order valence-electron chi connectivity index (χ0n) is 10.1. The van der Waals surface area contributed by atoms with Crippen molar-refractivity contribution >= 4 is 17.2 Å². The summed E-state index contributed by atoms with van der Waals surface area (Å²) in [7, 11) is 0. The van der Waals surface area contributed by atoms with Gasteiger partial charge >= 0.3 is 0 Å². The van der Waals surface area contributed by atoms with Gasteiger partial charge in [0.2, 0.25) is 0 Å². The van der Waals surface area contributed by atoms with E-state index in [2.05, 4.69) is 16.8 Å². The normalized spacial score (nSPS) is 10.3. The highest BCUT2D eigenvalue weighted by Crippen LogP contribution is 2.17. The van der Waals surface area contributed by atoms with Crippen LogP contribution in [0, 0.1) is 6.92 Å². The summed E-state index contributed by atoms with van der Waals surface area (Å²) in [5.74, 6) is 0.000939. The largest absolute Gasteiger partial charge is 0.508 e. The van der Waals surface area contributed by atoms with Crippen molar-refractivity contribution < 1.29 is 9.90 Å². The average Bonchev–Trinajstić information content (AvgIpc) is 2.85. The molecule has 0 aliphatic carbocycles. The van der Waals surface area contributed by atoms with Gasteiger partial charge in [0, 0.05) is 12.1 Å². The SMILES string of the molecule is Cc1ccc(C(=O)NCCc2ccsc2)cc1O. The molecule has 0 radical (unpaired) electrons. The van der Waals surface area contributed by atoms with Crippen LogP contribution >= 0.6 is 11.3 Å². The van der Waals surface area contributed by atoms with Gasteiger partial charge in [-0.15, -0.1) is 0 Å². The van der Waals surface area contributed by atoms with Crippen molar-refractivity contribution in [2.75, 3.05) is 6.54 Å². The number of hydrogen-bond donors (Lipinski definition) is 2. The lowest BCUT2D eigenvalue weighted by molar-refractivity contribution is 0.0954. The molecule has 0 saturated carbocycles. The van der Waals surface area contributed by atoms with Crippen molar-refractivity contribution in [3.63, 3.8) is 0 Å². The molecule has 0 fully saturated rings. The van der Waals surface area contributed by atoms with Crippen LogP contribution in [-0.2, 0) is 6.42 Å². The van der Waals surface area contributed by atoms with E-state index in [-0.39, 0.29) is 11.7 Å². The van der Waals surface area contributed by atoms with E-state index in [1.165, 1.54) is 11.6 Å². The summed E-state index contributed by atoms with van der Waals surface area (Å²) in [6.07, 6.45) is 0.826. The van der Waals surface area contributed by atoms with Gasteiger partial charge in [-0.25, -0.2) is 0 Å². The van der Waals surface area contributed by atoms with Crippen molar-refractivity contribution in [1.82, 2.24) is 5.32 Å². The summed E-state index contributed by atoms with van der Waals surface area (Å²) in [6, 6.07) is 7.00. The van der Waals surface area contributed by atoms with E-state index in [1.54, 1.807) is 30.4 Å². The third kappa shape index (κ3) is 3.11. The number of amides is 1. The third-order valence-corrected chi connectivity index (χ3v) is 3.48. The minimum Gasteiger partial charge on any atom is -0.508 e. The van der Waals surface area contributed by atoms with Crippen LogP contribution in [0.15, 0.2) is 35.0 Å². The van der Waals surface area contributed by atoms with E-state index in [4.69, 9.17) is 0 Å². The van der Waals surface area contributed by atoms with Crippen molar-refractivity contribution in [2.45, 2.75) is 13.3 Å². The topological polar surface area (TPSA) is 49.3 Å². The molecule has 0 unspecified atom stereocenters. The Labute approximate surface area is 110 Å². The van der Waals surface area contributed by atoms with Crippen LogP contribution in [0.25, 0.3) is 0 Å². The molecule has 18 heavy (non-hydrogen) atoms. The molecule has 0 aliphatic heterocycles. The molecule has 0 saturated heterocycles. The highest BCUT2D eigenvalue weighted by Gasteiger charge is 2.07. The first-order valence-electron chi connectivity index (χ1n) is 5.75. The Bertz CT molecular complexity index is 535. The Morgan fingerprint density at radius 3 is 2.89 bits per heavy atom. The molecular weight excluding hydrogens is 246 g/mol. The van der Waals surface area contributed by atoms with Gasteiger partial charge in [0.15, 0.2) is 0 Å². The Kier molecular flexibility index (Phi) is 3.99. The lowest BCUT2D eigenvalue weighted by atomic mass is 10.1. The van der Waals surface area contributed by atoms with Crippen molar-refractivity contribution in [1.29, 1.82) is 0 Å². The summed E-state index contributed by atoms with van der Waals surface area (Å²) in [5, 5.41) is 16.5. The number of carbonyl (C=O) groups excluding carboxylic acids is 1. The molecule has 1 heterocycles. The number of carbonyl (C=O) groups is 1. The van der Waals surface area contributed by atoms with Crippen LogP contribution in [0.3, 0.4) is 0 Å². The Balaban J connectivity index is 1.89. The van der Waals surface area contributed by atoms with Crippen LogP contribution < -0.4 is 5.32 Å². The number of rotatable bonds is 4. The van der Waals surface area contributed by atoms with Gasteiger partial charge in [0.05, 0.1) is 0 Å². The Hall–Kier alpha value is -1.81. The standard InChI is InChI=1S/C14H15NO2S/c1-10-2-3-12(8-13(10)16)14(17)15-6-4-11-5-7-18-9-11/h2-3,5,7-9,16H,4,6H2,1H3,(H,15,17). The fraction of sp³-hybridized carbons (Fsp3) is 0.214. The Morgan fingerprint density at radius 2 is 2.22 bits per heavy atom. The van der Waals surface area contributed by atoms with Crippen LogP contribution in [0.4, 0.5) is 0 Å². The highest BCUT2D eigenvalue weighted by molar-refractivity contribution is 7.07. The molecule has 2 aromatic rings. The van der Waals surface area contributed by atoms with E-state index in [9.17, 15) is 9.90 Å². The van der Waals surface area contributed by atoms with Crippen molar-refractivity contribution in [3.8, 4) is 5.75 Å². The maximum absolute atomic E-state index is 11.8. The molecule has 0 atom stereocenters. The molecule has 94 valence electrons. The molecule has 2 rings (SSSR count). The minimum absolute atomic E-state index is 0.152. The number of benzene rings is 1. The second kappa shape index (κ2) is 5.69. The van der Waals surface area contributed by atoms with Crippen LogP contribution in [-0.4, -0.2) is 17.6 Å². The van der Waals surface area contributed by atoms with E-state index in [0.717, 1.165) is 12.0 Å². The monoisotopic (exact) mass is 261 g/mol. The summed E-state index contributed by atoms with van der Waals surface area (Å²) in [4.78, 5) is 11.8. The lowest BCUT2D eigenvalue weighted by Gasteiger charge is -2.06. The molecule has 0 aliphatic rings. The van der Waals surface area contributed by atoms with Gasteiger partial charge in [0.1, 0.15) is 5.75 Å². The number of aromatic hydroxyl groups is 1. The number of thiophene rings is 1. The summed E-state index contributed by atoms with van der Waals surface area (Å²) in [6.45, 7) is 2.40. The maximum atomic E-state index is 11.8. The number of phenols is 1. The van der Waals surface area contributed by atoms with Gasteiger partial charge in [-0.2, -0.15) is 11.3 Å². The molecule has 1 amide bonds. The van der Waals surface area contributed by atoms with E-state index in [0.29, 0.717) is 12.1 Å². The molecule has 2 N–H and O–H groups in total. The molecular formula is C14H15NO2S. The zero-order chi connectivity index (χ0) is 13.0. The molecule has 1 aromatic heterocycles. The fourth-order valence-electron chi connectivity index (χ4n) is 1.61. The third-order valence-electron chi connectivity index (χ3n) is 2.75. The summed E-state index contributed by atoms with van der Waals surface area (Å²) >= 11 is 1.65. The quantitative estimate of drug-likeness (QED) is 0.889. The van der Waals surface area contributed by atoms with Gasteiger partial charge in [-0.05, 0) is 53.4 Å². The first-order valence-corrected chi connectivity index (χ1v) is 6.70. The highest BCUT2D eigenvalue weighted by atomic mass is 32.1. The second-order valence-electron chi connectivity index (χ2n) is 4.14. The smallest absolute Gasteiger partial charge is 0.251 e. The number of phenolic OH excluding ortho intramolecular Hbond substituents is 1. The van der Waals surface area contributed by atoms with Crippen LogP contribution in [0.1, 0.15) is 21.5 Å². The first kappa shape index (κ1) is 12.6. The lowest BCUT2D eigenvalue weighted by Crippen LogP contribution is -2.25. The van der Waals surface area contributed by atoms with Gasteiger partial charge in [-0.1, -0.05) is 6.07 Å². The molecule has 3 nitrogen and oxygen atoms in total. The average molecular weight is 261 g/mol. The van der Waals surface area contributed by atoms with E-state index >= 15 is 0 Å². The predicted octanol–water partition coefficient (Wildman–Crippen LogP) is 2.73. The van der Waals surface area contributed by atoms with Crippen molar-refractivity contribution in [3.05, 3.63) is 51.7 Å². The molecule has 1 aromatic carbocycles. The zero-order valence-corrected chi connectivity index (χ0v) is 11.0.